The van der Waals surface area contributed by atoms with Crippen molar-refractivity contribution < 1.29 is 18.8 Å². The van der Waals surface area contributed by atoms with E-state index >= 15 is 0 Å². The molecule has 170 valence electrons. The van der Waals surface area contributed by atoms with Crippen LogP contribution in [0.25, 0.3) is 5.57 Å². The van der Waals surface area contributed by atoms with Crippen LogP contribution in [0.2, 0.25) is 0 Å². The first-order chi connectivity index (χ1) is 16.4. The lowest BCUT2D eigenvalue weighted by molar-refractivity contribution is -0.120. The van der Waals surface area contributed by atoms with Gasteiger partial charge in [-0.25, -0.2) is 9.29 Å². The Labute approximate surface area is 196 Å². The van der Waals surface area contributed by atoms with Crippen LogP contribution in [-0.2, 0) is 20.8 Å². The van der Waals surface area contributed by atoms with Crippen molar-refractivity contribution in [2.24, 2.45) is 0 Å². The van der Waals surface area contributed by atoms with Gasteiger partial charge in [-0.1, -0.05) is 36.4 Å². The van der Waals surface area contributed by atoms with Crippen molar-refractivity contribution in [2.45, 2.75) is 19.8 Å². The van der Waals surface area contributed by atoms with Crippen LogP contribution < -0.4 is 15.1 Å². The van der Waals surface area contributed by atoms with Gasteiger partial charge in [-0.3, -0.25) is 14.4 Å². The molecule has 0 fully saturated rings. The normalized spacial score (nSPS) is 15.6. The minimum atomic E-state index is -0.531. The van der Waals surface area contributed by atoms with Crippen molar-refractivity contribution in [2.75, 3.05) is 21.7 Å². The first-order valence-corrected chi connectivity index (χ1v) is 11.1. The third-order valence-corrected chi connectivity index (χ3v) is 6.00. The Hall–Kier alpha value is -4.26. The van der Waals surface area contributed by atoms with Crippen LogP contribution in [0, 0.1) is 5.82 Å². The molecule has 0 radical (unpaired) electrons. The molecule has 2 aliphatic rings. The molecule has 2 heterocycles. The molecular formula is C27H22FN3O3. The number of imide groups is 1. The van der Waals surface area contributed by atoms with Gasteiger partial charge < -0.3 is 10.2 Å². The lowest BCUT2D eigenvalue weighted by Gasteiger charge is -2.32. The Morgan fingerprint density at radius 3 is 2.44 bits per heavy atom. The largest absolute Gasteiger partial charge is 0.336 e. The first kappa shape index (κ1) is 21.6. The monoisotopic (exact) mass is 455 g/mol. The average Bonchev–Trinajstić information content (AvgIpc) is 3.08. The molecule has 0 spiro atoms. The number of nitrogens with zero attached hydrogens (tertiary/aromatic N) is 2. The van der Waals surface area contributed by atoms with E-state index in [1.165, 1.54) is 25.1 Å². The molecule has 6 nitrogen and oxygen atoms in total. The number of fused-ring (bicyclic) bond motifs is 1. The SMILES string of the molecule is CC(=O)Nc1ccc(C2=C(N3CCCc4ccccc43)C(=O)N(c3cccc(F)c3)C2=O)cc1. The minimum Gasteiger partial charge on any atom is -0.336 e. The molecule has 0 aromatic heterocycles. The fourth-order valence-corrected chi connectivity index (χ4v) is 4.57. The fourth-order valence-electron chi connectivity index (χ4n) is 4.57. The van der Waals surface area contributed by atoms with E-state index in [0.29, 0.717) is 17.8 Å². The highest BCUT2D eigenvalue weighted by atomic mass is 19.1. The zero-order chi connectivity index (χ0) is 23.8. The van der Waals surface area contributed by atoms with Crippen molar-refractivity contribution in [3.8, 4) is 0 Å². The minimum absolute atomic E-state index is 0.183. The van der Waals surface area contributed by atoms with Gasteiger partial charge in [0.05, 0.1) is 11.3 Å². The molecule has 3 aromatic carbocycles. The van der Waals surface area contributed by atoms with Gasteiger partial charge in [-0.2, -0.15) is 0 Å². The van der Waals surface area contributed by atoms with Crippen molar-refractivity contribution in [3.63, 3.8) is 0 Å². The smallest absolute Gasteiger partial charge is 0.282 e. The predicted molar refractivity (Wildman–Crippen MR) is 129 cm³/mol. The second-order valence-electron chi connectivity index (χ2n) is 8.29. The maximum absolute atomic E-state index is 14.0. The zero-order valence-electron chi connectivity index (χ0n) is 18.5. The van der Waals surface area contributed by atoms with E-state index in [1.54, 1.807) is 30.3 Å². The van der Waals surface area contributed by atoms with Crippen LogP contribution in [-0.4, -0.2) is 24.3 Å². The van der Waals surface area contributed by atoms with Gasteiger partial charge >= 0.3 is 0 Å². The Bertz CT molecular complexity index is 1350. The summed E-state index contributed by atoms with van der Waals surface area (Å²) in [5.41, 5.74) is 3.82. The van der Waals surface area contributed by atoms with Gasteiger partial charge in [-0.15, -0.1) is 0 Å². The number of nitrogens with one attached hydrogen (secondary N) is 1. The second-order valence-corrected chi connectivity index (χ2v) is 8.29. The van der Waals surface area contributed by atoms with Crippen LogP contribution in [0.1, 0.15) is 24.5 Å². The molecule has 0 saturated heterocycles. The average molecular weight is 455 g/mol. The van der Waals surface area contributed by atoms with E-state index in [9.17, 15) is 18.8 Å². The third-order valence-electron chi connectivity index (χ3n) is 6.00. The summed E-state index contributed by atoms with van der Waals surface area (Å²) >= 11 is 0. The number of halogens is 1. The standard InChI is InChI=1S/C27H22FN3O3/c1-17(32)29-21-13-11-19(12-14-21)24-25(30-15-5-7-18-6-2-3-10-23(18)30)27(34)31(26(24)33)22-9-4-8-20(28)16-22/h2-4,6,8-14,16H,5,7,15H2,1H3,(H,29,32). The summed E-state index contributed by atoms with van der Waals surface area (Å²) in [6.07, 6.45) is 1.72. The summed E-state index contributed by atoms with van der Waals surface area (Å²) in [6, 6.07) is 20.1. The second kappa shape index (κ2) is 8.59. The summed E-state index contributed by atoms with van der Waals surface area (Å²) in [4.78, 5) is 41.8. The number of hydrogen-bond donors (Lipinski definition) is 1. The number of carbonyl (C=O) groups excluding carboxylic acids is 3. The molecule has 0 bridgehead atoms. The number of carbonyl (C=O) groups is 3. The van der Waals surface area contributed by atoms with Gasteiger partial charge in [0.2, 0.25) is 5.91 Å². The lowest BCUT2D eigenvalue weighted by Crippen LogP contribution is -2.37. The number of rotatable bonds is 4. The highest BCUT2D eigenvalue weighted by Gasteiger charge is 2.43. The Kier molecular flexibility index (Phi) is 5.45. The summed E-state index contributed by atoms with van der Waals surface area (Å²) < 4.78 is 14.0. The Balaban J connectivity index is 1.66. The number of anilines is 3. The predicted octanol–water partition coefficient (Wildman–Crippen LogP) is 4.52. The van der Waals surface area contributed by atoms with Crippen molar-refractivity contribution in [3.05, 3.63) is 95.4 Å². The maximum Gasteiger partial charge on any atom is 0.282 e. The zero-order valence-corrected chi connectivity index (χ0v) is 18.5. The Morgan fingerprint density at radius 1 is 0.941 bits per heavy atom. The molecule has 0 aliphatic carbocycles. The van der Waals surface area contributed by atoms with Crippen molar-refractivity contribution >= 4 is 40.4 Å². The highest BCUT2D eigenvalue weighted by molar-refractivity contribution is 6.46. The van der Waals surface area contributed by atoms with E-state index in [-0.39, 0.29) is 22.9 Å². The maximum atomic E-state index is 14.0. The van der Waals surface area contributed by atoms with E-state index in [4.69, 9.17) is 0 Å². The van der Waals surface area contributed by atoms with Gasteiger partial charge in [0, 0.05) is 24.8 Å². The molecule has 5 rings (SSSR count). The molecular weight excluding hydrogens is 433 g/mol. The molecule has 3 amide bonds. The molecule has 1 N–H and O–H groups in total. The van der Waals surface area contributed by atoms with Gasteiger partial charge in [-0.05, 0) is 60.4 Å². The highest BCUT2D eigenvalue weighted by Crippen LogP contribution is 2.39. The molecule has 34 heavy (non-hydrogen) atoms. The molecule has 2 aliphatic heterocycles. The third kappa shape index (κ3) is 3.75. The van der Waals surface area contributed by atoms with E-state index in [0.717, 1.165) is 29.0 Å². The summed E-state index contributed by atoms with van der Waals surface area (Å²) in [5, 5.41) is 2.70. The van der Waals surface area contributed by atoms with Crippen molar-refractivity contribution in [1.82, 2.24) is 0 Å². The molecule has 0 atom stereocenters. The van der Waals surface area contributed by atoms with Crippen LogP contribution in [0.3, 0.4) is 0 Å². The fraction of sp³-hybridized carbons (Fsp3) is 0.148. The van der Waals surface area contributed by atoms with Crippen LogP contribution in [0.4, 0.5) is 21.5 Å². The van der Waals surface area contributed by atoms with Crippen LogP contribution >= 0.6 is 0 Å². The number of hydrogen-bond acceptors (Lipinski definition) is 4. The molecule has 3 aromatic rings. The number of aryl methyl sites for hydroxylation is 1. The number of benzene rings is 3. The van der Waals surface area contributed by atoms with Crippen LogP contribution in [0.5, 0.6) is 0 Å². The topological polar surface area (TPSA) is 69.7 Å². The number of amides is 3. The molecule has 0 saturated carbocycles. The summed E-state index contributed by atoms with van der Waals surface area (Å²) in [7, 11) is 0. The van der Waals surface area contributed by atoms with E-state index in [2.05, 4.69) is 5.32 Å². The van der Waals surface area contributed by atoms with Gasteiger partial charge in [0.1, 0.15) is 11.5 Å². The van der Waals surface area contributed by atoms with E-state index < -0.39 is 17.6 Å². The van der Waals surface area contributed by atoms with Gasteiger partial charge in [0.25, 0.3) is 11.8 Å². The lowest BCUT2D eigenvalue weighted by atomic mass is 9.98. The van der Waals surface area contributed by atoms with E-state index in [1.807, 2.05) is 29.2 Å². The summed E-state index contributed by atoms with van der Waals surface area (Å²) in [5.74, 6) is -1.74. The van der Waals surface area contributed by atoms with Crippen molar-refractivity contribution in [1.29, 1.82) is 0 Å². The van der Waals surface area contributed by atoms with Gasteiger partial charge in [0.15, 0.2) is 0 Å². The number of para-hydroxylation sites is 1. The summed E-state index contributed by atoms with van der Waals surface area (Å²) in [6.45, 7) is 1.99. The quantitative estimate of drug-likeness (QED) is 0.588. The molecule has 0 unspecified atom stereocenters. The molecule has 7 heteroatoms. The first-order valence-electron chi connectivity index (χ1n) is 11.1. The Morgan fingerprint density at radius 2 is 1.71 bits per heavy atom. The van der Waals surface area contributed by atoms with Crippen LogP contribution in [0.15, 0.2) is 78.5 Å².